The number of nitrogens with zero attached hydrogens (tertiary/aromatic N) is 1. The van der Waals surface area contributed by atoms with Gasteiger partial charge in [-0.05, 0) is 36.3 Å². The molecule has 0 bridgehead atoms. The standard InChI is InChI=1S/C31H43N3O4/c1-4-11-26(29(32)35)27(18-22(2)3)31(37)34-20-25(38-21-24-14-9-6-10-15-24)19-28(34)30(36)33-17-16-23-12-7-5-8-13-23/h5-10,12-15,22,25-28H,4,11,16-21H2,1-3H3,(H2,32,35)(H,33,36)/t25-,26-,27+,28?/m0/s1. The molecule has 1 unspecified atom stereocenters. The first-order valence-corrected chi connectivity index (χ1v) is 13.9. The number of carbonyl (C=O) groups excluding carboxylic acids is 3. The minimum Gasteiger partial charge on any atom is -0.372 e. The Hall–Kier alpha value is -3.19. The molecule has 7 nitrogen and oxygen atoms in total. The Balaban J connectivity index is 1.76. The Morgan fingerprint density at radius 1 is 1.00 bits per heavy atom. The molecule has 1 aliphatic heterocycles. The summed E-state index contributed by atoms with van der Waals surface area (Å²) in [6.07, 6.45) is 2.69. The lowest BCUT2D eigenvalue weighted by molar-refractivity contribution is -0.146. The molecule has 1 fully saturated rings. The summed E-state index contributed by atoms with van der Waals surface area (Å²) in [4.78, 5) is 41.4. The Labute approximate surface area is 227 Å². The largest absolute Gasteiger partial charge is 0.372 e. The normalized spacial score (nSPS) is 18.8. The van der Waals surface area contributed by atoms with Crippen LogP contribution >= 0.6 is 0 Å². The SMILES string of the molecule is CCC[C@H](C(N)=O)[C@@H](CC(C)C)C(=O)N1C[C@@H](OCc2ccccc2)CC1C(=O)NCCc1ccccc1. The second-order valence-electron chi connectivity index (χ2n) is 10.7. The maximum absolute atomic E-state index is 14.0. The summed E-state index contributed by atoms with van der Waals surface area (Å²) in [7, 11) is 0. The summed E-state index contributed by atoms with van der Waals surface area (Å²) in [6.45, 7) is 7.26. The molecule has 0 saturated carbocycles. The number of rotatable bonds is 14. The quantitative estimate of drug-likeness (QED) is 0.391. The van der Waals surface area contributed by atoms with Gasteiger partial charge in [-0.1, -0.05) is 87.9 Å². The smallest absolute Gasteiger partial charge is 0.242 e. The molecule has 38 heavy (non-hydrogen) atoms. The highest BCUT2D eigenvalue weighted by molar-refractivity contribution is 5.92. The molecular formula is C31H43N3O4. The van der Waals surface area contributed by atoms with Crippen LogP contribution in [-0.4, -0.2) is 47.9 Å². The second-order valence-corrected chi connectivity index (χ2v) is 10.7. The number of likely N-dealkylation sites (tertiary alicyclic amines) is 1. The Morgan fingerprint density at radius 2 is 1.63 bits per heavy atom. The Morgan fingerprint density at radius 3 is 2.21 bits per heavy atom. The van der Waals surface area contributed by atoms with Crippen molar-refractivity contribution in [2.24, 2.45) is 23.5 Å². The summed E-state index contributed by atoms with van der Waals surface area (Å²) >= 11 is 0. The third kappa shape index (κ3) is 8.42. The highest BCUT2D eigenvalue weighted by Crippen LogP contribution is 2.31. The van der Waals surface area contributed by atoms with Gasteiger partial charge in [0.1, 0.15) is 6.04 Å². The zero-order valence-corrected chi connectivity index (χ0v) is 23.0. The lowest BCUT2D eigenvalue weighted by Crippen LogP contribution is -2.50. The van der Waals surface area contributed by atoms with Crippen LogP contribution in [0.2, 0.25) is 0 Å². The van der Waals surface area contributed by atoms with Crippen LogP contribution in [0.5, 0.6) is 0 Å². The van der Waals surface area contributed by atoms with Crippen LogP contribution in [0.3, 0.4) is 0 Å². The van der Waals surface area contributed by atoms with Crippen molar-refractivity contribution in [2.45, 2.75) is 71.6 Å². The van der Waals surface area contributed by atoms with Gasteiger partial charge in [0.05, 0.1) is 12.7 Å². The molecular weight excluding hydrogens is 478 g/mol. The molecule has 0 aromatic heterocycles. The summed E-state index contributed by atoms with van der Waals surface area (Å²) in [6, 6.07) is 19.2. The zero-order valence-electron chi connectivity index (χ0n) is 23.0. The van der Waals surface area contributed by atoms with Gasteiger partial charge in [-0.25, -0.2) is 0 Å². The summed E-state index contributed by atoms with van der Waals surface area (Å²) in [5.41, 5.74) is 7.95. The molecule has 2 aromatic carbocycles. The van der Waals surface area contributed by atoms with E-state index < -0.39 is 23.8 Å². The number of nitrogens with two attached hydrogens (primary N) is 1. The van der Waals surface area contributed by atoms with Crippen molar-refractivity contribution in [1.82, 2.24) is 10.2 Å². The highest BCUT2D eigenvalue weighted by atomic mass is 16.5. The van der Waals surface area contributed by atoms with E-state index in [0.29, 0.717) is 45.4 Å². The predicted octanol–water partition coefficient (Wildman–Crippen LogP) is 4.10. The topological polar surface area (TPSA) is 102 Å². The van der Waals surface area contributed by atoms with Gasteiger partial charge in [0.2, 0.25) is 17.7 Å². The average molecular weight is 522 g/mol. The number of amides is 3. The molecule has 1 saturated heterocycles. The summed E-state index contributed by atoms with van der Waals surface area (Å²) < 4.78 is 6.17. The van der Waals surface area contributed by atoms with Crippen molar-refractivity contribution >= 4 is 17.7 Å². The van der Waals surface area contributed by atoms with Gasteiger partial charge in [-0.3, -0.25) is 14.4 Å². The number of ether oxygens (including phenoxy) is 1. The predicted molar refractivity (Wildman–Crippen MR) is 149 cm³/mol. The Kier molecular flexibility index (Phi) is 11.3. The lowest BCUT2D eigenvalue weighted by atomic mass is 9.81. The minimum absolute atomic E-state index is 0.176. The van der Waals surface area contributed by atoms with Gasteiger partial charge in [0, 0.05) is 31.3 Å². The molecule has 0 spiro atoms. The average Bonchev–Trinajstić information content (AvgIpc) is 3.34. The van der Waals surface area contributed by atoms with E-state index in [2.05, 4.69) is 5.32 Å². The highest BCUT2D eigenvalue weighted by Gasteiger charge is 2.44. The molecule has 2 aromatic rings. The third-order valence-electron chi connectivity index (χ3n) is 7.23. The maximum Gasteiger partial charge on any atom is 0.242 e. The van der Waals surface area contributed by atoms with Gasteiger partial charge in [0.15, 0.2) is 0 Å². The van der Waals surface area contributed by atoms with E-state index in [-0.39, 0.29) is 23.8 Å². The van der Waals surface area contributed by atoms with Crippen molar-refractivity contribution in [1.29, 1.82) is 0 Å². The first-order chi connectivity index (χ1) is 18.3. The fraction of sp³-hybridized carbons (Fsp3) is 0.516. The fourth-order valence-corrected chi connectivity index (χ4v) is 5.30. The molecule has 4 atom stereocenters. The molecule has 3 rings (SSSR count). The molecule has 3 N–H and O–H groups in total. The van der Waals surface area contributed by atoms with Crippen LogP contribution in [0.25, 0.3) is 0 Å². The summed E-state index contributed by atoms with van der Waals surface area (Å²) in [5, 5.41) is 3.03. The van der Waals surface area contributed by atoms with Crippen LogP contribution in [0.1, 0.15) is 57.6 Å². The van der Waals surface area contributed by atoms with Gasteiger partial charge in [0.25, 0.3) is 0 Å². The van der Waals surface area contributed by atoms with Crippen molar-refractivity contribution in [3.63, 3.8) is 0 Å². The number of nitrogens with one attached hydrogen (secondary N) is 1. The van der Waals surface area contributed by atoms with Crippen LogP contribution in [0, 0.1) is 17.8 Å². The van der Waals surface area contributed by atoms with E-state index in [4.69, 9.17) is 10.5 Å². The van der Waals surface area contributed by atoms with Crippen LogP contribution in [0.15, 0.2) is 60.7 Å². The molecule has 1 aliphatic rings. The van der Waals surface area contributed by atoms with E-state index >= 15 is 0 Å². The van der Waals surface area contributed by atoms with Gasteiger partial charge in [-0.15, -0.1) is 0 Å². The van der Waals surface area contributed by atoms with E-state index in [1.807, 2.05) is 81.4 Å². The van der Waals surface area contributed by atoms with Crippen molar-refractivity contribution in [2.75, 3.05) is 13.1 Å². The molecule has 0 radical (unpaired) electrons. The van der Waals surface area contributed by atoms with Gasteiger partial charge in [-0.2, -0.15) is 0 Å². The van der Waals surface area contributed by atoms with Gasteiger partial charge >= 0.3 is 0 Å². The molecule has 1 heterocycles. The van der Waals surface area contributed by atoms with Crippen LogP contribution in [-0.2, 0) is 32.1 Å². The molecule has 0 aliphatic carbocycles. The lowest BCUT2D eigenvalue weighted by Gasteiger charge is -2.32. The molecule has 3 amide bonds. The molecule has 206 valence electrons. The van der Waals surface area contributed by atoms with E-state index in [1.54, 1.807) is 4.90 Å². The van der Waals surface area contributed by atoms with Crippen LogP contribution in [0.4, 0.5) is 0 Å². The van der Waals surface area contributed by atoms with E-state index in [1.165, 1.54) is 0 Å². The Bertz CT molecular complexity index is 1030. The number of benzene rings is 2. The maximum atomic E-state index is 14.0. The number of carbonyl (C=O) groups is 3. The first kappa shape index (κ1) is 29.4. The van der Waals surface area contributed by atoms with Crippen molar-refractivity contribution in [3.05, 3.63) is 71.8 Å². The van der Waals surface area contributed by atoms with E-state index in [0.717, 1.165) is 17.5 Å². The first-order valence-electron chi connectivity index (χ1n) is 13.9. The number of hydrogen-bond acceptors (Lipinski definition) is 4. The van der Waals surface area contributed by atoms with Crippen LogP contribution < -0.4 is 11.1 Å². The zero-order chi connectivity index (χ0) is 27.5. The second kappa shape index (κ2) is 14.7. The van der Waals surface area contributed by atoms with Crippen molar-refractivity contribution < 1.29 is 19.1 Å². The summed E-state index contributed by atoms with van der Waals surface area (Å²) in [5.74, 6) is -1.72. The van der Waals surface area contributed by atoms with E-state index in [9.17, 15) is 14.4 Å². The third-order valence-corrected chi connectivity index (χ3v) is 7.23. The fourth-order valence-electron chi connectivity index (χ4n) is 5.30. The number of primary amides is 1. The monoisotopic (exact) mass is 521 g/mol. The minimum atomic E-state index is -0.649. The van der Waals surface area contributed by atoms with Crippen molar-refractivity contribution in [3.8, 4) is 0 Å². The number of hydrogen-bond donors (Lipinski definition) is 2. The molecule has 7 heteroatoms. The van der Waals surface area contributed by atoms with Gasteiger partial charge < -0.3 is 20.7 Å².